The van der Waals surface area contributed by atoms with Crippen LogP contribution < -0.4 is 0 Å². The van der Waals surface area contributed by atoms with Gasteiger partial charge in [-0.05, 0) is 45.4 Å². The number of hydrogen-bond acceptors (Lipinski definition) is 3. The number of amides is 2. The lowest BCUT2D eigenvalue weighted by molar-refractivity contribution is 0.149. The summed E-state index contributed by atoms with van der Waals surface area (Å²) in [5, 5.41) is 1.28. The fourth-order valence-corrected chi connectivity index (χ4v) is 4.55. The highest BCUT2D eigenvalue weighted by molar-refractivity contribution is 7.11. The molecule has 1 fully saturated rings. The Bertz CT molecular complexity index is 490. The Morgan fingerprint density at radius 1 is 1.38 bits per heavy atom. The molecule has 1 aromatic rings. The summed E-state index contributed by atoms with van der Waals surface area (Å²) in [7, 11) is 1.88. The number of nitrogens with zero attached hydrogens (tertiary/aromatic N) is 3. The molecule has 21 heavy (non-hydrogen) atoms. The van der Waals surface area contributed by atoms with Gasteiger partial charge in [0, 0.05) is 37.5 Å². The van der Waals surface area contributed by atoms with Gasteiger partial charge < -0.3 is 9.80 Å². The van der Waals surface area contributed by atoms with E-state index < -0.39 is 0 Å². The van der Waals surface area contributed by atoms with E-state index in [2.05, 4.69) is 0 Å². The number of piperidine rings is 1. The van der Waals surface area contributed by atoms with Crippen LogP contribution in [0.4, 0.5) is 4.79 Å². The maximum atomic E-state index is 12.3. The minimum Gasteiger partial charge on any atom is -0.328 e. The van der Waals surface area contributed by atoms with Crippen LogP contribution in [0.25, 0.3) is 0 Å². The number of likely N-dealkylation sites (tertiary alicyclic amines) is 1. The van der Waals surface area contributed by atoms with E-state index in [9.17, 15) is 4.79 Å². The van der Waals surface area contributed by atoms with Crippen LogP contribution in [0.1, 0.15) is 54.1 Å². The van der Waals surface area contributed by atoms with Crippen LogP contribution in [0.5, 0.6) is 0 Å². The first-order valence-electron chi connectivity index (χ1n) is 8.17. The lowest BCUT2D eigenvalue weighted by Gasteiger charge is -2.34. The summed E-state index contributed by atoms with van der Waals surface area (Å²) in [5.74, 6) is 0.448. The molecule has 1 saturated heterocycles. The SMILES string of the molecule is CCN(C)C(=O)N1CCCC(c2nc3c(s2)CCCC3)C1. The van der Waals surface area contributed by atoms with Crippen LogP contribution in [0.15, 0.2) is 0 Å². The number of aryl methyl sites for hydroxylation is 2. The van der Waals surface area contributed by atoms with Crippen LogP contribution >= 0.6 is 11.3 Å². The number of fused-ring (bicyclic) bond motifs is 1. The topological polar surface area (TPSA) is 36.4 Å². The van der Waals surface area contributed by atoms with Gasteiger partial charge in [-0.25, -0.2) is 9.78 Å². The molecule has 2 heterocycles. The van der Waals surface area contributed by atoms with Gasteiger partial charge in [0.25, 0.3) is 0 Å². The zero-order valence-electron chi connectivity index (χ0n) is 13.1. The Morgan fingerprint density at radius 3 is 2.95 bits per heavy atom. The molecule has 1 aromatic heterocycles. The van der Waals surface area contributed by atoms with Crippen LogP contribution in [0.3, 0.4) is 0 Å². The number of urea groups is 1. The Morgan fingerprint density at radius 2 is 2.19 bits per heavy atom. The van der Waals surface area contributed by atoms with Crippen molar-refractivity contribution < 1.29 is 4.79 Å². The summed E-state index contributed by atoms with van der Waals surface area (Å²) in [6.45, 7) is 4.53. The summed E-state index contributed by atoms with van der Waals surface area (Å²) in [5.41, 5.74) is 1.34. The smallest absolute Gasteiger partial charge is 0.319 e. The summed E-state index contributed by atoms with van der Waals surface area (Å²) in [6, 6.07) is 0.170. The average Bonchev–Trinajstić information content (AvgIpc) is 2.97. The summed E-state index contributed by atoms with van der Waals surface area (Å²) in [6.07, 6.45) is 7.23. The van der Waals surface area contributed by atoms with E-state index in [4.69, 9.17) is 4.98 Å². The molecular weight excluding hydrogens is 282 g/mol. The Hall–Kier alpha value is -1.10. The number of hydrogen-bond donors (Lipinski definition) is 0. The van der Waals surface area contributed by atoms with Gasteiger partial charge >= 0.3 is 6.03 Å². The quantitative estimate of drug-likeness (QED) is 0.841. The lowest BCUT2D eigenvalue weighted by Crippen LogP contribution is -2.45. The fourth-order valence-electron chi connectivity index (χ4n) is 3.28. The largest absolute Gasteiger partial charge is 0.328 e. The third-order valence-corrected chi connectivity index (χ3v) is 6.02. The molecule has 5 heteroatoms. The van der Waals surface area contributed by atoms with E-state index in [0.717, 1.165) is 32.5 Å². The van der Waals surface area contributed by atoms with Crippen LogP contribution in [-0.4, -0.2) is 47.5 Å². The van der Waals surface area contributed by atoms with Gasteiger partial charge in [-0.2, -0.15) is 0 Å². The monoisotopic (exact) mass is 307 g/mol. The average molecular weight is 307 g/mol. The van der Waals surface area contributed by atoms with E-state index in [1.807, 2.05) is 30.2 Å². The zero-order valence-corrected chi connectivity index (χ0v) is 13.9. The number of thiazole rings is 1. The van der Waals surface area contributed by atoms with Gasteiger partial charge in [0.2, 0.25) is 0 Å². The first kappa shape index (κ1) is 14.8. The molecule has 1 unspecified atom stereocenters. The van der Waals surface area contributed by atoms with Gasteiger partial charge in [-0.3, -0.25) is 0 Å². The molecule has 0 radical (unpaired) electrons. The molecule has 1 aliphatic carbocycles. The predicted molar refractivity (Wildman–Crippen MR) is 86.0 cm³/mol. The second-order valence-electron chi connectivity index (χ2n) is 6.21. The van der Waals surface area contributed by atoms with Crippen molar-refractivity contribution in [2.75, 3.05) is 26.7 Å². The first-order chi connectivity index (χ1) is 10.2. The Labute approximate surface area is 131 Å². The maximum Gasteiger partial charge on any atom is 0.319 e. The highest BCUT2D eigenvalue weighted by atomic mass is 32.1. The van der Waals surface area contributed by atoms with Crippen molar-refractivity contribution in [3.05, 3.63) is 15.6 Å². The van der Waals surface area contributed by atoms with E-state index in [1.54, 1.807) is 4.90 Å². The van der Waals surface area contributed by atoms with Crippen molar-refractivity contribution >= 4 is 17.4 Å². The molecule has 1 aliphatic heterocycles. The molecule has 2 amide bonds. The molecule has 1 atom stereocenters. The van der Waals surface area contributed by atoms with Gasteiger partial charge in [0.15, 0.2) is 0 Å². The first-order valence-corrected chi connectivity index (χ1v) is 8.99. The minimum atomic E-state index is 0.170. The van der Waals surface area contributed by atoms with Gasteiger partial charge in [-0.15, -0.1) is 11.3 Å². The normalized spacial score (nSPS) is 22.0. The van der Waals surface area contributed by atoms with Gasteiger partial charge in [0.05, 0.1) is 10.7 Å². The van der Waals surface area contributed by atoms with E-state index in [-0.39, 0.29) is 6.03 Å². The molecule has 0 aromatic carbocycles. The Balaban J connectivity index is 1.71. The molecular formula is C16H25N3OS. The molecule has 0 N–H and O–H groups in total. The molecule has 0 spiro atoms. The molecule has 4 nitrogen and oxygen atoms in total. The van der Waals surface area contributed by atoms with Crippen molar-refractivity contribution in [2.45, 2.75) is 51.4 Å². The summed E-state index contributed by atoms with van der Waals surface area (Å²) >= 11 is 1.91. The van der Waals surface area contributed by atoms with Crippen molar-refractivity contribution in [3.63, 3.8) is 0 Å². The third kappa shape index (κ3) is 3.07. The predicted octanol–water partition coefficient (Wildman–Crippen LogP) is 3.27. The summed E-state index contributed by atoms with van der Waals surface area (Å²) in [4.78, 5) is 22.6. The van der Waals surface area contributed by atoms with Crippen molar-refractivity contribution in [1.29, 1.82) is 0 Å². The van der Waals surface area contributed by atoms with Crippen molar-refractivity contribution in [3.8, 4) is 0 Å². The third-order valence-electron chi connectivity index (χ3n) is 4.70. The van der Waals surface area contributed by atoms with E-state index in [0.29, 0.717) is 5.92 Å². The van der Waals surface area contributed by atoms with E-state index >= 15 is 0 Å². The van der Waals surface area contributed by atoms with Crippen LogP contribution in [0.2, 0.25) is 0 Å². The van der Waals surface area contributed by atoms with Gasteiger partial charge in [0.1, 0.15) is 0 Å². The summed E-state index contributed by atoms with van der Waals surface area (Å²) < 4.78 is 0. The number of carbonyl (C=O) groups excluding carboxylic acids is 1. The number of aromatic nitrogens is 1. The lowest BCUT2D eigenvalue weighted by atomic mass is 9.98. The maximum absolute atomic E-state index is 12.3. The second kappa shape index (κ2) is 6.34. The molecule has 0 saturated carbocycles. The number of carbonyl (C=O) groups is 1. The molecule has 3 rings (SSSR count). The fraction of sp³-hybridized carbons (Fsp3) is 0.750. The highest BCUT2D eigenvalue weighted by Gasteiger charge is 2.29. The molecule has 0 bridgehead atoms. The second-order valence-corrected chi connectivity index (χ2v) is 7.33. The zero-order chi connectivity index (χ0) is 14.8. The molecule has 2 aliphatic rings. The van der Waals surface area contributed by atoms with Crippen molar-refractivity contribution in [1.82, 2.24) is 14.8 Å². The molecule has 116 valence electrons. The minimum absolute atomic E-state index is 0.170. The van der Waals surface area contributed by atoms with Crippen LogP contribution in [-0.2, 0) is 12.8 Å². The highest BCUT2D eigenvalue weighted by Crippen LogP contribution is 2.34. The van der Waals surface area contributed by atoms with Gasteiger partial charge in [-0.1, -0.05) is 0 Å². The van der Waals surface area contributed by atoms with Crippen molar-refractivity contribution in [2.24, 2.45) is 0 Å². The standard InChI is InChI=1S/C16H25N3OS/c1-3-18(2)16(20)19-10-6-7-12(11-19)15-17-13-8-4-5-9-14(13)21-15/h12H,3-11H2,1-2H3. The Kier molecular flexibility index (Phi) is 4.48. The number of rotatable bonds is 2. The van der Waals surface area contributed by atoms with E-state index in [1.165, 1.54) is 41.3 Å². The van der Waals surface area contributed by atoms with Crippen LogP contribution in [0, 0.1) is 0 Å².